The molecular formula is C29H40N2O6. The normalized spacial score (nSPS) is 18.5. The van der Waals surface area contributed by atoms with E-state index in [0.717, 1.165) is 32.1 Å². The molecule has 0 aromatic heterocycles. The van der Waals surface area contributed by atoms with Gasteiger partial charge in [0.05, 0.1) is 12.7 Å². The first kappa shape index (κ1) is 28.4. The van der Waals surface area contributed by atoms with E-state index in [1.165, 1.54) is 28.3 Å². The van der Waals surface area contributed by atoms with E-state index >= 15 is 0 Å². The van der Waals surface area contributed by atoms with Gasteiger partial charge >= 0.3 is 12.1 Å². The van der Waals surface area contributed by atoms with Crippen LogP contribution in [0.25, 0.3) is 10.8 Å². The SMILES string of the molecule is CO[C@H]1C[C@@H](C(=O)O)N(C(=O)[C@@H](NC(=O)OCCCCCCc2cccc3ccccc23)C(C)(C)C)C1. The molecule has 8 nitrogen and oxygen atoms in total. The zero-order chi connectivity index (χ0) is 27.0. The summed E-state index contributed by atoms with van der Waals surface area (Å²) in [4.78, 5) is 38.8. The number of aliphatic carboxylic acids is 1. The fourth-order valence-electron chi connectivity index (χ4n) is 4.87. The number of alkyl carbamates (subject to hydrolysis) is 1. The molecule has 202 valence electrons. The number of carbonyl (C=O) groups excluding carboxylic acids is 2. The van der Waals surface area contributed by atoms with Gasteiger partial charge in [0.2, 0.25) is 5.91 Å². The van der Waals surface area contributed by atoms with Gasteiger partial charge in [-0.25, -0.2) is 9.59 Å². The lowest BCUT2D eigenvalue weighted by atomic mass is 9.85. The number of carboxylic acids is 1. The van der Waals surface area contributed by atoms with Crippen molar-refractivity contribution >= 4 is 28.7 Å². The number of carbonyl (C=O) groups is 3. The second kappa shape index (κ2) is 12.9. The van der Waals surface area contributed by atoms with Gasteiger partial charge in [0, 0.05) is 20.1 Å². The maximum atomic E-state index is 13.3. The van der Waals surface area contributed by atoms with E-state index in [2.05, 4.69) is 47.8 Å². The number of fused-ring (bicyclic) bond motifs is 1. The molecule has 0 aliphatic carbocycles. The molecular weight excluding hydrogens is 472 g/mol. The van der Waals surface area contributed by atoms with Crippen LogP contribution in [0.3, 0.4) is 0 Å². The summed E-state index contributed by atoms with van der Waals surface area (Å²) in [5.41, 5.74) is 0.720. The van der Waals surface area contributed by atoms with Crippen LogP contribution in [0.5, 0.6) is 0 Å². The number of carboxylic acid groups (broad SMARTS) is 1. The lowest BCUT2D eigenvalue weighted by Gasteiger charge is -2.34. The zero-order valence-electron chi connectivity index (χ0n) is 22.4. The van der Waals surface area contributed by atoms with Crippen LogP contribution in [0.4, 0.5) is 4.79 Å². The van der Waals surface area contributed by atoms with Crippen molar-refractivity contribution in [3.8, 4) is 0 Å². The maximum absolute atomic E-state index is 13.3. The van der Waals surface area contributed by atoms with Crippen molar-refractivity contribution in [2.45, 2.75) is 77.5 Å². The van der Waals surface area contributed by atoms with E-state index < -0.39 is 35.5 Å². The van der Waals surface area contributed by atoms with Gasteiger partial charge in [0.25, 0.3) is 0 Å². The lowest BCUT2D eigenvalue weighted by Crippen LogP contribution is -2.56. The molecule has 1 aliphatic rings. The van der Waals surface area contributed by atoms with Gasteiger partial charge in [0.1, 0.15) is 12.1 Å². The molecule has 0 spiro atoms. The van der Waals surface area contributed by atoms with Gasteiger partial charge in [-0.1, -0.05) is 76.1 Å². The largest absolute Gasteiger partial charge is 0.480 e. The molecule has 8 heteroatoms. The van der Waals surface area contributed by atoms with Crippen molar-refractivity contribution in [2.24, 2.45) is 5.41 Å². The highest BCUT2D eigenvalue weighted by molar-refractivity contribution is 5.90. The van der Waals surface area contributed by atoms with E-state index in [9.17, 15) is 19.5 Å². The number of likely N-dealkylation sites (tertiary alicyclic amines) is 1. The zero-order valence-corrected chi connectivity index (χ0v) is 22.4. The highest BCUT2D eigenvalue weighted by Crippen LogP contribution is 2.27. The minimum atomic E-state index is -1.08. The summed E-state index contributed by atoms with van der Waals surface area (Å²) in [5, 5.41) is 14.8. The van der Waals surface area contributed by atoms with Crippen LogP contribution in [-0.2, 0) is 25.5 Å². The number of nitrogens with zero attached hydrogens (tertiary/aromatic N) is 1. The predicted molar refractivity (Wildman–Crippen MR) is 142 cm³/mol. The van der Waals surface area contributed by atoms with Gasteiger partial charge in [-0.2, -0.15) is 0 Å². The summed E-state index contributed by atoms with van der Waals surface area (Å²) < 4.78 is 10.6. The number of hydrogen-bond donors (Lipinski definition) is 2. The van der Waals surface area contributed by atoms with Crippen molar-refractivity contribution in [3.05, 3.63) is 48.0 Å². The highest BCUT2D eigenvalue weighted by Gasteiger charge is 2.45. The topological polar surface area (TPSA) is 105 Å². The fourth-order valence-corrected chi connectivity index (χ4v) is 4.87. The van der Waals surface area contributed by atoms with Gasteiger partial charge in [0.15, 0.2) is 0 Å². The van der Waals surface area contributed by atoms with Crippen molar-refractivity contribution in [3.63, 3.8) is 0 Å². The number of amides is 2. The standard InChI is InChI=1S/C29H40N2O6/c1-29(2,3)25(26(32)31-19-22(36-4)18-24(31)27(33)34)30-28(35)37-17-10-6-5-7-12-20-14-11-15-21-13-8-9-16-23(20)21/h8-9,11,13-16,22,24-25H,5-7,10,12,17-19H2,1-4H3,(H,30,35)(H,33,34)/t22-,24-,25+/m0/s1. The molecule has 3 rings (SSSR count). The van der Waals surface area contributed by atoms with Crippen molar-refractivity contribution in [2.75, 3.05) is 20.3 Å². The molecule has 0 saturated carbocycles. The molecule has 2 aromatic rings. The Morgan fingerprint density at radius 2 is 1.76 bits per heavy atom. The number of ether oxygens (including phenoxy) is 2. The van der Waals surface area contributed by atoms with E-state index in [-0.39, 0.29) is 25.7 Å². The number of benzene rings is 2. The summed E-state index contributed by atoms with van der Waals surface area (Å²) in [6.45, 7) is 5.91. The molecule has 1 heterocycles. The maximum Gasteiger partial charge on any atom is 0.407 e. The van der Waals surface area contributed by atoms with Crippen LogP contribution < -0.4 is 5.32 Å². The third kappa shape index (κ3) is 7.68. The number of unbranched alkanes of at least 4 members (excludes halogenated alkanes) is 3. The van der Waals surface area contributed by atoms with Crippen LogP contribution >= 0.6 is 0 Å². The second-order valence-corrected chi connectivity index (χ2v) is 10.8. The minimum Gasteiger partial charge on any atom is -0.480 e. The molecule has 2 amide bonds. The summed E-state index contributed by atoms with van der Waals surface area (Å²) in [6.07, 6.45) is 3.98. The van der Waals surface area contributed by atoms with E-state index in [0.29, 0.717) is 0 Å². The highest BCUT2D eigenvalue weighted by atomic mass is 16.5. The third-order valence-electron chi connectivity index (χ3n) is 6.99. The smallest absolute Gasteiger partial charge is 0.407 e. The molecule has 37 heavy (non-hydrogen) atoms. The van der Waals surface area contributed by atoms with E-state index in [4.69, 9.17) is 9.47 Å². The molecule has 1 fully saturated rings. The Balaban J connectivity index is 1.42. The first-order valence-electron chi connectivity index (χ1n) is 13.1. The Labute approximate surface area is 219 Å². The summed E-state index contributed by atoms with van der Waals surface area (Å²) in [7, 11) is 1.50. The third-order valence-corrected chi connectivity index (χ3v) is 6.99. The van der Waals surface area contributed by atoms with Gasteiger partial charge in [-0.3, -0.25) is 4.79 Å². The number of rotatable bonds is 11. The molecule has 1 aliphatic heterocycles. The molecule has 2 N–H and O–H groups in total. The monoisotopic (exact) mass is 512 g/mol. The van der Waals surface area contributed by atoms with Crippen LogP contribution in [0.1, 0.15) is 58.4 Å². The van der Waals surface area contributed by atoms with Crippen LogP contribution in [-0.4, -0.2) is 66.4 Å². The number of methoxy groups -OCH3 is 1. The lowest BCUT2D eigenvalue weighted by molar-refractivity contribution is -0.150. The van der Waals surface area contributed by atoms with E-state index in [1.807, 2.05) is 20.8 Å². The Morgan fingerprint density at radius 3 is 2.46 bits per heavy atom. The fraction of sp³-hybridized carbons (Fsp3) is 0.552. The minimum absolute atomic E-state index is 0.175. The molecule has 2 aromatic carbocycles. The summed E-state index contributed by atoms with van der Waals surface area (Å²) in [6, 6.07) is 12.9. The first-order valence-corrected chi connectivity index (χ1v) is 13.1. The first-order chi connectivity index (χ1) is 17.6. The summed E-state index contributed by atoms with van der Waals surface area (Å²) >= 11 is 0. The van der Waals surface area contributed by atoms with Gasteiger partial charge in [-0.15, -0.1) is 0 Å². The average molecular weight is 513 g/mol. The summed E-state index contributed by atoms with van der Waals surface area (Å²) in [5.74, 6) is -1.52. The predicted octanol–water partition coefficient (Wildman–Crippen LogP) is 4.78. The molecule has 0 bridgehead atoms. The Kier molecular flexibility index (Phi) is 9.92. The second-order valence-electron chi connectivity index (χ2n) is 10.8. The van der Waals surface area contributed by atoms with Gasteiger partial charge in [-0.05, 0) is 41.0 Å². The Morgan fingerprint density at radius 1 is 1.05 bits per heavy atom. The number of hydrogen-bond acceptors (Lipinski definition) is 5. The quantitative estimate of drug-likeness (QED) is 0.420. The Bertz CT molecular complexity index is 1070. The van der Waals surface area contributed by atoms with Crippen LogP contribution in [0.2, 0.25) is 0 Å². The molecule has 1 saturated heterocycles. The molecule has 3 atom stereocenters. The van der Waals surface area contributed by atoms with Crippen molar-refractivity contribution in [1.29, 1.82) is 0 Å². The number of aryl methyl sites for hydroxylation is 1. The van der Waals surface area contributed by atoms with Crippen LogP contribution in [0, 0.1) is 5.41 Å². The average Bonchev–Trinajstić information content (AvgIpc) is 3.31. The Hall–Kier alpha value is -3.13. The molecule has 0 unspecified atom stereocenters. The number of nitrogens with one attached hydrogen (secondary N) is 1. The van der Waals surface area contributed by atoms with E-state index in [1.54, 1.807) is 0 Å². The van der Waals surface area contributed by atoms with Gasteiger partial charge < -0.3 is 24.8 Å². The van der Waals surface area contributed by atoms with Crippen LogP contribution in [0.15, 0.2) is 42.5 Å². The van der Waals surface area contributed by atoms with Crippen molar-refractivity contribution < 1.29 is 29.0 Å². The molecule has 0 radical (unpaired) electrons. The van der Waals surface area contributed by atoms with Crippen molar-refractivity contribution in [1.82, 2.24) is 10.2 Å².